The molecule has 0 fully saturated rings. The molecule has 1 aromatic carbocycles. The van der Waals surface area contributed by atoms with E-state index in [2.05, 4.69) is 4.98 Å². The number of hydrogen-bond acceptors (Lipinski definition) is 4. The van der Waals surface area contributed by atoms with Gasteiger partial charge < -0.3 is 9.47 Å². The summed E-state index contributed by atoms with van der Waals surface area (Å²) in [7, 11) is 1.43. The van der Waals surface area contributed by atoms with E-state index >= 15 is 0 Å². The summed E-state index contributed by atoms with van der Waals surface area (Å²) in [5, 5.41) is 8.72. The fourth-order valence-electron chi connectivity index (χ4n) is 2.09. The van der Waals surface area contributed by atoms with Crippen LogP contribution in [0.1, 0.15) is 11.1 Å². The van der Waals surface area contributed by atoms with Crippen molar-refractivity contribution < 1.29 is 22.6 Å². The number of aromatic nitrogens is 1. The molecule has 2 aromatic rings. The van der Waals surface area contributed by atoms with Crippen LogP contribution < -0.4 is 9.47 Å². The van der Waals surface area contributed by atoms with E-state index in [1.807, 2.05) is 0 Å². The molecule has 0 amide bonds. The van der Waals surface area contributed by atoms with E-state index in [9.17, 15) is 13.2 Å². The molecule has 0 N–H and O–H groups in total. The van der Waals surface area contributed by atoms with E-state index in [4.69, 9.17) is 14.7 Å². The molecule has 0 saturated heterocycles. The lowest BCUT2D eigenvalue weighted by Gasteiger charge is -2.16. The summed E-state index contributed by atoms with van der Waals surface area (Å²) in [6, 6.07) is 5.36. The van der Waals surface area contributed by atoms with Gasteiger partial charge in [0.05, 0.1) is 12.7 Å². The van der Waals surface area contributed by atoms with Crippen LogP contribution in [-0.2, 0) is 6.18 Å². The second-order valence-electron chi connectivity index (χ2n) is 4.39. The average Bonchev–Trinajstić information content (AvgIpc) is 2.48. The zero-order chi connectivity index (χ0) is 16.3. The Morgan fingerprint density at radius 3 is 2.55 bits per heavy atom. The average molecular weight is 308 g/mol. The van der Waals surface area contributed by atoms with E-state index in [1.54, 1.807) is 12.1 Å². The number of hydrogen-bond donors (Lipinski definition) is 0. The molecule has 0 spiro atoms. The van der Waals surface area contributed by atoms with Crippen molar-refractivity contribution in [3.63, 3.8) is 0 Å². The topological polar surface area (TPSA) is 55.1 Å². The first-order valence-corrected chi connectivity index (χ1v) is 6.15. The van der Waals surface area contributed by atoms with Gasteiger partial charge in [-0.05, 0) is 30.7 Å². The van der Waals surface area contributed by atoms with Crippen molar-refractivity contribution in [3.05, 3.63) is 41.6 Å². The molecule has 0 unspecified atom stereocenters. The lowest BCUT2D eigenvalue weighted by Crippen LogP contribution is -2.08. The highest BCUT2D eigenvalue weighted by atomic mass is 19.4. The smallest absolute Gasteiger partial charge is 0.416 e. The largest absolute Gasteiger partial charge is 0.481 e. The van der Waals surface area contributed by atoms with Crippen molar-refractivity contribution in [1.29, 1.82) is 5.26 Å². The Morgan fingerprint density at radius 2 is 1.95 bits per heavy atom. The van der Waals surface area contributed by atoms with Gasteiger partial charge in [0.2, 0.25) is 5.88 Å². The Labute approximate surface area is 124 Å². The molecular formula is C15H11F3N2O2. The minimum atomic E-state index is -4.52. The van der Waals surface area contributed by atoms with Gasteiger partial charge in [-0.15, -0.1) is 5.26 Å². The highest BCUT2D eigenvalue weighted by Crippen LogP contribution is 2.41. The Balaban J connectivity index is 2.66. The van der Waals surface area contributed by atoms with E-state index in [0.29, 0.717) is 17.0 Å². The van der Waals surface area contributed by atoms with Crippen molar-refractivity contribution >= 4 is 0 Å². The van der Waals surface area contributed by atoms with E-state index in [-0.39, 0.29) is 11.3 Å². The third-order valence-corrected chi connectivity index (χ3v) is 3.11. The predicted octanol–water partition coefficient (Wildman–Crippen LogP) is 3.94. The van der Waals surface area contributed by atoms with E-state index < -0.39 is 11.7 Å². The molecule has 22 heavy (non-hydrogen) atoms. The first-order chi connectivity index (χ1) is 10.4. The van der Waals surface area contributed by atoms with Crippen molar-refractivity contribution in [1.82, 2.24) is 4.98 Å². The van der Waals surface area contributed by atoms with Crippen molar-refractivity contribution in [2.24, 2.45) is 0 Å². The summed E-state index contributed by atoms with van der Waals surface area (Å²) in [5.41, 5.74) is -0.105. The van der Waals surface area contributed by atoms with Crippen molar-refractivity contribution in [2.75, 3.05) is 7.11 Å². The van der Waals surface area contributed by atoms with Crippen LogP contribution in [-0.4, -0.2) is 12.1 Å². The van der Waals surface area contributed by atoms with Gasteiger partial charge in [0, 0.05) is 23.4 Å². The number of pyridine rings is 1. The van der Waals surface area contributed by atoms with Crippen LogP contribution in [0, 0.1) is 18.4 Å². The van der Waals surface area contributed by atoms with Crippen LogP contribution in [0.25, 0.3) is 11.1 Å². The van der Waals surface area contributed by atoms with Gasteiger partial charge in [0.1, 0.15) is 0 Å². The summed E-state index contributed by atoms with van der Waals surface area (Å²) in [6.45, 7) is 1.26. The Bertz CT molecular complexity index is 737. The van der Waals surface area contributed by atoms with Gasteiger partial charge in [-0.25, -0.2) is 4.98 Å². The Hall–Kier alpha value is -2.75. The molecule has 0 aliphatic rings. The Kier molecular flexibility index (Phi) is 4.22. The quantitative estimate of drug-likeness (QED) is 0.806. The highest BCUT2D eigenvalue weighted by Gasteiger charge is 2.34. The maximum absolute atomic E-state index is 13.0. The lowest BCUT2D eigenvalue weighted by molar-refractivity contribution is -0.138. The minimum Gasteiger partial charge on any atom is -0.481 e. The predicted molar refractivity (Wildman–Crippen MR) is 72.2 cm³/mol. The molecular weight excluding hydrogens is 297 g/mol. The van der Waals surface area contributed by atoms with Crippen LogP contribution >= 0.6 is 0 Å². The van der Waals surface area contributed by atoms with E-state index in [0.717, 1.165) is 6.07 Å². The number of benzene rings is 1. The number of nitriles is 1. The van der Waals surface area contributed by atoms with Crippen LogP contribution in [0.4, 0.5) is 13.2 Å². The number of nitrogens with zero attached hydrogens (tertiary/aromatic N) is 2. The van der Waals surface area contributed by atoms with Crippen molar-refractivity contribution in [3.8, 4) is 29.0 Å². The van der Waals surface area contributed by atoms with Gasteiger partial charge >= 0.3 is 6.18 Å². The number of halogens is 3. The number of methoxy groups -OCH3 is 1. The lowest BCUT2D eigenvalue weighted by atomic mass is 9.98. The summed E-state index contributed by atoms with van der Waals surface area (Å²) in [6.07, 6.45) is -1.64. The highest BCUT2D eigenvalue weighted by molar-refractivity contribution is 5.74. The summed E-state index contributed by atoms with van der Waals surface area (Å²) in [5.74, 6) is 0.170. The van der Waals surface area contributed by atoms with Crippen LogP contribution in [0.15, 0.2) is 30.5 Å². The molecule has 0 radical (unpaired) electrons. The molecule has 0 saturated carbocycles. The molecule has 4 nitrogen and oxygen atoms in total. The van der Waals surface area contributed by atoms with Gasteiger partial charge in [-0.3, -0.25) is 0 Å². The molecule has 0 aliphatic heterocycles. The van der Waals surface area contributed by atoms with Gasteiger partial charge in [0.15, 0.2) is 5.75 Å². The fraction of sp³-hybridized carbons (Fsp3) is 0.200. The van der Waals surface area contributed by atoms with Gasteiger partial charge in [-0.1, -0.05) is 0 Å². The number of ether oxygens (including phenoxy) is 2. The SMILES string of the molecule is COc1cc(-c2ccc(C(F)(F)F)c(C)c2OC#N)ccn1. The molecule has 2 rings (SSSR count). The van der Waals surface area contributed by atoms with Crippen LogP contribution in [0.5, 0.6) is 11.6 Å². The molecule has 0 atom stereocenters. The molecule has 0 bridgehead atoms. The molecule has 1 aromatic heterocycles. The van der Waals surface area contributed by atoms with Crippen molar-refractivity contribution in [2.45, 2.75) is 13.1 Å². The Morgan fingerprint density at radius 1 is 1.23 bits per heavy atom. The maximum Gasteiger partial charge on any atom is 0.416 e. The zero-order valence-corrected chi connectivity index (χ0v) is 11.7. The first kappa shape index (κ1) is 15.6. The second kappa shape index (κ2) is 5.93. The van der Waals surface area contributed by atoms with Crippen LogP contribution in [0.3, 0.4) is 0 Å². The summed E-state index contributed by atoms with van der Waals surface area (Å²) in [4.78, 5) is 3.93. The standard InChI is InChI=1S/C15H11F3N2O2/c1-9-12(15(16,17)18)4-3-11(14(9)22-8-19)10-5-6-20-13(7-10)21-2/h3-7H,1-2H3. The summed E-state index contributed by atoms with van der Waals surface area (Å²) >= 11 is 0. The minimum absolute atomic E-state index is 0.134. The molecule has 0 aliphatic carbocycles. The summed E-state index contributed by atoms with van der Waals surface area (Å²) < 4.78 is 48.6. The number of alkyl halides is 3. The normalized spacial score (nSPS) is 10.9. The van der Waals surface area contributed by atoms with E-state index in [1.165, 1.54) is 32.6 Å². The third-order valence-electron chi connectivity index (χ3n) is 3.11. The number of rotatable bonds is 3. The second-order valence-corrected chi connectivity index (χ2v) is 4.39. The molecule has 114 valence electrons. The first-order valence-electron chi connectivity index (χ1n) is 6.15. The monoisotopic (exact) mass is 308 g/mol. The van der Waals surface area contributed by atoms with Crippen LogP contribution in [0.2, 0.25) is 0 Å². The zero-order valence-electron chi connectivity index (χ0n) is 11.7. The van der Waals surface area contributed by atoms with Gasteiger partial charge in [0.25, 0.3) is 6.26 Å². The van der Waals surface area contributed by atoms with Gasteiger partial charge in [-0.2, -0.15) is 13.2 Å². The molecule has 1 heterocycles. The third kappa shape index (κ3) is 2.96. The maximum atomic E-state index is 13.0. The molecule has 7 heteroatoms. The fourth-order valence-corrected chi connectivity index (χ4v) is 2.09.